The van der Waals surface area contributed by atoms with Gasteiger partial charge in [0.15, 0.2) is 0 Å². The van der Waals surface area contributed by atoms with Crippen LogP contribution in [-0.4, -0.2) is 9.97 Å². The van der Waals surface area contributed by atoms with Crippen molar-refractivity contribution in [1.29, 1.82) is 0 Å². The molecule has 0 aliphatic carbocycles. The summed E-state index contributed by atoms with van der Waals surface area (Å²) in [4.78, 5) is 7.63. The fourth-order valence-corrected chi connectivity index (χ4v) is 1.94. The number of benzene rings is 1. The highest BCUT2D eigenvalue weighted by Crippen LogP contribution is 2.24. The Morgan fingerprint density at radius 1 is 1.31 bits per heavy atom. The number of H-pyrrole nitrogens is 1. The summed E-state index contributed by atoms with van der Waals surface area (Å²) in [5.74, 6) is 1.23. The summed E-state index contributed by atoms with van der Waals surface area (Å²) in [7, 11) is 0. The first kappa shape index (κ1) is 11.5. The van der Waals surface area contributed by atoms with Crippen LogP contribution in [-0.2, 0) is 5.88 Å². The first-order valence-corrected chi connectivity index (χ1v) is 5.91. The zero-order chi connectivity index (χ0) is 11.7. The van der Waals surface area contributed by atoms with Gasteiger partial charge in [0.1, 0.15) is 5.82 Å². The van der Waals surface area contributed by atoms with Crippen molar-refractivity contribution < 1.29 is 0 Å². The molecule has 0 fully saturated rings. The maximum absolute atomic E-state index is 6.08. The number of aryl methyl sites for hydroxylation is 2. The summed E-state index contributed by atoms with van der Waals surface area (Å²) < 4.78 is 0. The van der Waals surface area contributed by atoms with Gasteiger partial charge >= 0.3 is 0 Å². The minimum Gasteiger partial charge on any atom is -0.342 e. The molecule has 0 amide bonds. The van der Waals surface area contributed by atoms with Gasteiger partial charge in [-0.1, -0.05) is 23.7 Å². The Kier molecular flexibility index (Phi) is 3.22. The van der Waals surface area contributed by atoms with Crippen LogP contribution < -0.4 is 0 Å². The highest BCUT2D eigenvalue weighted by atomic mass is 35.5. The quantitative estimate of drug-likeness (QED) is 0.804. The molecule has 1 heterocycles. The van der Waals surface area contributed by atoms with Gasteiger partial charge in [-0.15, -0.1) is 11.6 Å². The van der Waals surface area contributed by atoms with Gasteiger partial charge in [-0.25, -0.2) is 4.98 Å². The fourth-order valence-electron chi connectivity index (χ4n) is 1.50. The molecule has 2 aromatic rings. The van der Waals surface area contributed by atoms with Crippen molar-refractivity contribution >= 4 is 23.2 Å². The van der Waals surface area contributed by atoms with E-state index in [4.69, 9.17) is 23.2 Å². The molecule has 84 valence electrons. The summed E-state index contributed by atoms with van der Waals surface area (Å²) in [6, 6.07) is 5.89. The summed E-state index contributed by atoms with van der Waals surface area (Å²) in [6.45, 7) is 3.94. The molecule has 4 heteroatoms. The van der Waals surface area contributed by atoms with Crippen molar-refractivity contribution in [3.8, 4) is 11.4 Å². The molecule has 0 saturated heterocycles. The molecular formula is C12H12Cl2N2. The lowest BCUT2D eigenvalue weighted by Gasteiger charge is -2.00. The molecule has 16 heavy (non-hydrogen) atoms. The van der Waals surface area contributed by atoms with Crippen LogP contribution >= 0.6 is 23.2 Å². The van der Waals surface area contributed by atoms with Crippen molar-refractivity contribution in [2.24, 2.45) is 0 Å². The van der Waals surface area contributed by atoms with Gasteiger partial charge in [-0.2, -0.15) is 0 Å². The van der Waals surface area contributed by atoms with E-state index in [0.717, 1.165) is 33.4 Å². The van der Waals surface area contributed by atoms with E-state index in [1.807, 2.05) is 32.0 Å². The van der Waals surface area contributed by atoms with E-state index < -0.39 is 0 Å². The predicted octanol–water partition coefficient (Wildman–Crippen LogP) is 4.09. The topological polar surface area (TPSA) is 28.7 Å². The molecule has 0 radical (unpaired) electrons. The van der Waals surface area contributed by atoms with Crippen LogP contribution in [0.15, 0.2) is 18.2 Å². The number of halogens is 2. The third-order valence-corrected chi connectivity index (χ3v) is 3.22. The Labute approximate surface area is 105 Å². The molecule has 0 atom stereocenters. The third kappa shape index (κ3) is 2.08. The predicted molar refractivity (Wildman–Crippen MR) is 68.1 cm³/mol. The summed E-state index contributed by atoms with van der Waals surface area (Å²) in [5.41, 5.74) is 3.93. The highest BCUT2D eigenvalue weighted by Gasteiger charge is 2.08. The Bertz CT molecular complexity index is 518. The van der Waals surface area contributed by atoms with Crippen LogP contribution in [0.25, 0.3) is 11.4 Å². The van der Waals surface area contributed by atoms with Crippen molar-refractivity contribution in [2.75, 3.05) is 0 Å². The molecule has 0 aliphatic rings. The van der Waals surface area contributed by atoms with Crippen LogP contribution in [0, 0.1) is 13.8 Å². The molecular weight excluding hydrogens is 243 g/mol. The Morgan fingerprint density at radius 3 is 2.62 bits per heavy atom. The van der Waals surface area contributed by atoms with Crippen LogP contribution in [0.2, 0.25) is 5.02 Å². The van der Waals surface area contributed by atoms with Crippen LogP contribution in [0.3, 0.4) is 0 Å². The molecule has 0 saturated carbocycles. The number of hydrogen-bond acceptors (Lipinski definition) is 1. The van der Waals surface area contributed by atoms with Crippen LogP contribution in [0.5, 0.6) is 0 Å². The van der Waals surface area contributed by atoms with Gasteiger partial charge in [0.25, 0.3) is 0 Å². The zero-order valence-corrected chi connectivity index (χ0v) is 10.7. The largest absolute Gasteiger partial charge is 0.342 e. The van der Waals surface area contributed by atoms with Crippen LogP contribution in [0.4, 0.5) is 0 Å². The second-order valence-corrected chi connectivity index (χ2v) is 4.43. The first-order chi connectivity index (χ1) is 7.61. The first-order valence-electron chi connectivity index (χ1n) is 5.00. The number of rotatable bonds is 2. The number of nitrogens with one attached hydrogen (secondary N) is 1. The normalized spacial score (nSPS) is 10.8. The summed E-state index contributed by atoms with van der Waals surface area (Å²) >= 11 is 11.9. The van der Waals surface area contributed by atoms with Crippen molar-refractivity contribution in [3.63, 3.8) is 0 Å². The third-order valence-electron chi connectivity index (χ3n) is 2.56. The SMILES string of the molecule is Cc1ccc(-c2nc(CCl)c(C)[nH]2)cc1Cl. The molecule has 2 nitrogen and oxygen atoms in total. The van der Waals surface area contributed by atoms with Gasteiger partial charge in [-0.05, 0) is 25.5 Å². The Morgan fingerprint density at radius 2 is 2.06 bits per heavy atom. The van der Waals surface area contributed by atoms with Crippen LogP contribution in [0.1, 0.15) is 17.0 Å². The number of alkyl halides is 1. The maximum Gasteiger partial charge on any atom is 0.137 e. The van der Waals surface area contributed by atoms with Crippen molar-refractivity contribution in [3.05, 3.63) is 40.2 Å². The monoisotopic (exact) mass is 254 g/mol. The van der Waals surface area contributed by atoms with E-state index in [-0.39, 0.29) is 0 Å². The van der Waals surface area contributed by atoms with E-state index in [1.165, 1.54) is 0 Å². The maximum atomic E-state index is 6.08. The molecule has 0 spiro atoms. The second-order valence-electron chi connectivity index (χ2n) is 3.75. The zero-order valence-electron chi connectivity index (χ0n) is 9.14. The van der Waals surface area contributed by atoms with Gasteiger partial charge in [0, 0.05) is 16.3 Å². The van der Waals surface area contributed by atoms with Gasteiger partial charge in [-0.3, -0.25) is 0 Å². The minimum atomic E-state index is 0.419. The standard InChI is InChI=1S/C12H12Cl2N2/c1-7-3-4-9(5-10(7)14)12-15-8(2)11(6-13)16-12/h3-5H,6H2,1-2H3,(H,15,16). The molecule has 0 unspecified atom stereocenters. The molecule has 1 aromatic heterocycles. The molecule has 2 rings (SSSR count). The Balaban J connectivity index is 2.46. The Hall–Kier alpha value is -0.990. The van der Waals surface area contributed by atoms with E-state index in [0.29, 0.717) is 5.88 Å². The van der Waals surface area contributed by atoms with E-state index >= 15 is 0 Å². The average molecular weight is 255 g/mol. The van der Waals surface area contributed by atoms with E-state index in [2.05, 4.69) is 9.97 Å². The smallest absolute Gasteiger partial charge is 0.137 e. The summed E-state index contributed by atoms with van der Waals surface area (Å²) in [5, 5.41) is 0.749. The number of aromatic nitrogens is 2. The van der Waals surface area contributed by atoms with Crippen molar-refractivity contribution in [1.82, 2.24) is 9.97 Å². The second kappa shape index (κ2) is 4.48. The van der Waals surface area contributed by atoms with Crippen molar-refractivity contribution in [2.45, 2.75) is 19.7 Å². The lowest BCUT2D eigenvalue weighted by atomic mass is 10.1. The number of aromatic amines is 1. The van der Waals surface area contributed by atoms with Gasteiger partial charge < -0.3 is 4.98 Å². The number of imidazole rings is 1. The highest BCUT2D eigenvalue weighted by molar-refractivity contribution is 6.31. The molecule has 0 bridgehead atoms. The van der Waals surface area contributed by atoms with Gasteiger partial charge in [0.05, 0.1) is 11.6 Å². The average Bonchev–Trinajstić information content (AvgIpc) is 2.64. The van der Waals surface area contributed by atoms with E-state index in [9.17, 15) is 0 Å². The molecule has 1 N–H and O–H groups in total. The van der Waals surface area contributed by atoms with Gasteiger partial charge in [0.2, 0.25) is 0 Å². The van der Waals surface area contributed by atoms with E-state index in [1.54, 1.807) is 0 Å². The minimum absolute atomic E-state index is 0.419. The number of nitrogens with zero attached hydrogens (tertiary/aromatic N) is 1. The molecule has 1 aromatic carbocycles. The molecule has 0 aliphatic heterocycles. The lowest BCUT2D eigenvalue weighted by Crippen LogP contribution is -1.83. The number of hydrogen-bond donors (Lipinski definition) is 1. The summed E-state index contributed by atoms with van der Waals surface area (Å²) in [6.07, 6.45) is 0. The lowest BCUT2D eigenvalue weighted by molar-refractivity contribution is 1.18. The fraction of sp³-hybridized carbons (Fsp3) is 0.250.